The number of hydrogen-bond donors (Lipinski definition) is 1. The van der Waals surface area contributed by atoms with E-state index in [4.69, 9.17) is 4.74 Å². The summed E-state index contributed by atoms with van der Waals surface area (Å²) in [6.07, 6.45) is 2.58. The lowest BCUT2D eigenvalue weighted by Crippen LogP contribution is -3.08. The van der Waals surface area contributed by atoms with Crippen LogP contribution in [0.3, 0.4) is 0 Å². The zero-order valence-corrected chi connectivity index (χ0v) is 14.9. The monoisotopic (exact) mass is 365 g/mol. The minimum Gasteiger partial charge on any atom is -0.439 e. The predicted molar refractivity (Wildman–Crippen MR) is 99.3 cm³/mol. The molecule has 138 valence electrons. The van der Waals surface area contributed by atoms with Crippen LogP contribution in [-0.2, 0) is 18.0 Å². The molecule has 7 heteroatoms. The van der Waals surface area contributed by atoms with Crippen molar-refractivity contribution in [3.05, 3.63) is 70.0 Å². The molecule has 27 heavy (non-hydrogen) atoms. The van der Waals surface area contributed by atoms with Gasteiger partial charge in [-0.2, -0.15) is 4.68 Å². The van der Waals surface area contributed by atoms with Crippen LogP contribution >= 0.6 is 0 Å². The van der Waals surface area contributed by atoms with Gasteiger partial charge in [0.1, 0.15) is 12.1 Å². The second kappa shape index (κ2) is 7.67. The minimum atomic E-state index is -0.489. The van der Waals surface area contributed by atoms with Gasteiger partial charge in [-0.15, -0.1) is 5.10 Å². The summed E-state index contributed by atoms with van der Waals surface area (Å²) in [6, 6.07) is 14.4. The fourth-order valence-electron chi connectivity index (χ4n) is 3.41. The second-order valence-electron chi connectivity index (χ2n) is 6.80. The van der Waals surface area contributed by atoms with Crippen molar-refractivity contribution in [1.29, 1.82) is 0 Å². The summed E-state index contributed by atoms with van der Waals surface area (Å²) in [5.41, 5.74) is 1.84. The standard InChI is InChI=1S/C20H20N4O3/c25-19-17-5-1-2-6-18(17)21-22-24(19)14-27-20(26)16-9-7-15(8-10-16)13-23-11-3-4-12-23/h1-2,5-10H,3-4,11-14H2/p+1. The number of likely N-dealkylation sites (tertiary alicyclic amines) is 1. The van der Waals surface area contributed by atoms with Gasteiger partial charge in [-0.25, -0.2) is 4.79 Å². The topological polar surface area (TPSA) is 78.5 Å². The van der Waals surface area contributed by atoms with Crippen molar-refractivity contribution in [3.8, 4) is 0 Å². The normalized spacial score (nSPS) is 14.5. The number of esters is 1. The number of nitrogens with zero attached hydrogens (tertiary/aromatic N) is 3. The van der Waals surface area contributed by atoms with Crippen LogP contribution in [0.5, 0.6) is 0 Å². The zero-order chi connectivity index (χ0) is 18.6. The van der Waals surface area contributed by atoms with E-state index in [2.05, 4.69) is 10.3 Å². The van der Waals surface area contributed by atoms with Gasteiger partial charge in [0.15, 0.2) is 6.73 Å². The summed E-state index contributed by atoms with van der Waals surface area (Å²) in [5, 5.41) is 8.23. The van der Waals surface area contributed by atoms with Gasteiger partial charge >= 0.3 is 5.97 Å². The Morgan fingerprint density at radius 2 is 1.81 bits per heavy atom. The molecule has 0 aliphatic carbocycles. The van der Waals surface area contributed by atoms with Crippen molar-refractivity contribution in [2.75, 3.05) is 13.1 Å². The summed E-state index contributed by atoms with van der Waals surface area (Å²) >= 11 is 0. The highest BCUT2D eigenvalue weighted by molar-refractivity contribution is 5.89. The van der Waals surface area contributed by atoms with Crippen LogP contribution in [0, 0.1) is 0 Å². The van der Waals surface area contributed by atoms with Crippen LogP contribution in [0.2, 0.25) is 0 Å². The number of rotatable bonds is 5. The molecular formula is C20H21N4O3+. The first-order valence-electron chi connectivity index (χ1n) is 9.13. The summed E-state index contributed by atoms with van der Waals surface area (Å²) in [6.45, 7) is 3.14. The van der Waals surface area contributed by atoms with Gasteiger partial charge in [0.25, 0.3) is 5.56 Å². The SMILES string of the molecule is O=C(OCn1nnc2ccccc2c1=O)c1ccc(C[NH+]2CCCC2)cc1. The Bertz CT molecular complexity index is 1010. The van der Waals surface area contributed by atoms with Crippen molar-refractivity contribution in [1.82, 2.24) is 15.0 Å². The third-order valence-corrected chi connectivity index (χ3v) is 4.90. The molecule has 1 N–H and O–H groups in total. The van der Waals surface area contributed by atoms with Crippen molar-refractivity contribution in [2.24, 2.45) is 0 Å². The fourth-order valence-corrected chi connectivity index (χ4v) is 3.41. The Balaban J connectivity index is 1.40. The summed E-state index contributed by atoms with van der Waals surface area (Å²) in [5.74, 6) is -0.489. The van der Waals surface area contributed by atoms with E-state index in [1.807, 2.05) is 12.1 Å². The van der Waals surface area contributed by atoms with Crippen molar-refractivity contribution < 1.29 is 14.4 Å². The van der Waals surface area contributed by atoms with Gasteiger partial charge < -0.3 is 9.64 Å². The quantitative estimate of drug-likeness (QED) is 0.676. The Kier molecular flexibility index (Phi) is 4.93. The zero-order valence-electron chi connectivity index (χ0n) is 14.9. The molecule has 1 aromatic heterocycles. The molecule has 0 unspecified atom stereocenters. The highest BCUT2D eigenvalue weighted by Crippen LogP contribution is 2.07. The van der Waals surface area contributed by atoms with E-state index in [-0.39, 0.29) is 12.3 Å². The predicted octanol–water partition coefficient (Wildman–Crippen LogP) is 0.785. The van der Waals surface area contributed by atoms with Gasteiger partial charge in [0.2, 0.25) is 0 Å². The molecule has 7 nitrogen and oxygen atoms in total. The van der Waals surface area contributed by atoms with Crippen LogP contribution in [0.25, 0.3) is 10.9 Å². The first-order chi connectivity index (χ1) is 13.2. The number of ether oxygens (including phenoxy) is 1. The Morgan fingerprint density at radius 1 is 1.07 bits per heavy atom. The molecule has 1 fully saturated rings. The third kappa shape index (κ3) is 3.88. The van der Waals surface area contributed by atoms with Crippen LogP contribution in [-0.4, -0.2) is 34.1 Å². The average Bonchev–Trinajstić information content (AvgIpc) is 3.21. The molecule has 1 aliphatic rings. The molecule has 1 aliphatic heterocycles. The Labute approximate surface area is 156 Å². The average molecular weight is 365 g/mol. The molecule has 0 radical (unpaired) electrons. The van der Waals surface area contributed by atoms with Crippen LogP contribution < -0.4 is 10.5 Å². The smallest absolute Gasteiger partial charge is 0.339 e. The molecule has 2 aromatic carbocycles. The summed E-state index contributed by atoms with van der Waals surface area (Å²) in [7, 11) is 0. The van der Waals surface area contributed by atoms with Crippen molar-refractivity contribution in [3.63, 3.8) is 0 Å². The van der Waals surface area contributed by atoms with Gasteiger partial charge in [-0.05, 0) is 24.3 Å². The maximum absolute atomic E-state index is 12.4. The molecule has 1 saturated heterocycles. The number of aromatic nitrogens is 3. The van der Waals surface area contributed by atoms with Gasteiger partial charge in [-0.1, -0.05) is 29.5 Å². The second-order valence-corrected chi connectivity index (χ2v) is 6.80. The van der Waals surface area contributed by atoms with Crippen LogP contribution in [0.1, 0.15) is 28.8 Å². The van der Waals surface area contributed by atoms with Gasteiger partial charge in [0, 0.05) is 18.4 Å². The molecule has 2 heterocycles. The lowest BCUT2D eigenvalue weighted by molar-refractivity contribution is -0.901. The lowest BCUT2D eigenvalue weighted by atomic mass is 10.1. The molecule has 3 aromatic rings. The number of hydrogen-bond acceptors (Lipinski definition) is 5. The molecule has 0 bridgehead atoms. The van der Waals surface area contributed by atoms with E-state index in [1.165, 1.54) is 31.5 Å². The first kappa shape index (κ1) is 17.4. The van der Waals surface area contributed by atoms with Crippen molar-refractivity contribution >= 4 is 16.9 Å². The van der Waals surface area contributed by atoms with Crippen LogP contribution in [0.4, 0.5) is 0 Å². The Morgan fingerprint density at radius 3 is 2.59 bits per heavy atom. The molecule has 0 spiro atoms. The van der Waals surface area contributed by atoms with Crippen molar-refractivity contribution in [2.45, 2.75) is 26.1 Å². The van der Waals surface area contributed by atoms with E-state index < -0.39 is 5.97 Å². The largest absolute Gasteiger partial charge is 0.439 e. The lowest BCUT2D eigenvalue weighted by Gasteiger charge is -2.12. The van der Waals surface area contributed by atoms with Crippen LogP contribution in [0.15, 0.2) is 53.3 Å². The number of nitrogens with one attached hydrogen (secondary N) is 1. The van der Waals surface area contributed by atoms with Gasteiger partial charge in [-0.3, -0.25) is 4.79 Å². The molecular weight excluding hydrogens is 344 g/mol. The minimum absolute atomic E-state index is 0.269. The third-order valence-electron chi connectivity index (χ3n) is 4.90. The number of carbonyl (C=O) groups is 1. The number of fused-ring (bicyclic) bond motifs is 1. The summed E-state index contributed by atoms with van der Waals surface area (Å²) in [4.78, 5) is 26.2. The highest BCUT2D eigenvalue weighted by atomic mass is 16.5. The van der Waals surface area contributed by atoms with E-state index in [1.54, 1.807) is 41.3 Å². The molecule has 0 saturated carbocycles. The number of benzene rings is 2. The molecule has 4 rings (SSSR count). The van der Waals surface area contributed by atoms with E-state index in [0.29, 0.717) is 16.5 Å². The first-order valence-corrected chi connectivity index (χ1v) is 9.13. The molecule has 0 atom stereocenters. The van der Waals surface area contributed by atoms with E-state index >= 15 is 0 Å². The number of quaternary nitrogens is 1. The van der Waals surface area contributed by atoms with E-state index in [0.717, 1.165) is 11.2 Å². The highest BCUT2D eigenvalue weighted by Gasteiger charge is 2.16. The molecule has 0 amide bonds. The maximum atomic E-state index is 12.4. The van der Waals surface area contributed by atoms with Gasteiger partial charge in [0.05, 0.1) is 24.0 Å². The maximum Gasteiger partial charge on any atom is 0.339 e. The Hall–Kier alpha value is -3.06. The van der Waals surface area contributed by atoms with E-state index in [9.17, 15) is 9.59 Å². The summed E-state index contributed by atoms with van der Waals surface area (Å²) < 4.78 is 6.28. The fraction of sp³-hybridized carbons (Fsp3) is 0.300. The number of carbonyl (C=O) groups excluding carboxylic acids is 1.